The molecule has 0 aromatic heterocycles. The molecule has 2 atom stereocenters. The highest BCUT2D eigenvalue weighted by Crippen LogP contribution is 2.32. The fraction of sp³-hybridized carbons (Fsp3) is 0.167. The Morgan fingerprint density at radius 1 is 0.933 bits per heavy atom. The highest BCUT2D eigenvalue weighted by atomic mass is 79.9. The number of quaternary nitrogens is 1. The number of methoxy groups -OCH3 is 2. The van der Waals surface area contributed by atoms with Gasteiger partial charge in [0, 0.05) is 16.2 Å². The first-order valence-electron chi connectivity index (χ1n) is 9.68. The van der Waals surface area contributed by atoms with E-state index in [4.69, 9.17) is 9.47 Å². The Labute approximate surface area is 184 Å². The zero-order chi connectivity index (χ0) is 21.1. The summed E-state index contributed by atoms with van der Waals surface area (Å²) >= 11 is 3.57. The van der Waals surface area contributed by atoms with Gasteiger partial charge in [-0.25, -0.2) is 0 Å². The number of para-hydroxylation sites is 1. The van der Waals surface area contributed by atoms with Gasteiger partial charge in [0.1, 0.15) is 23.3 Å². The number of phenolic OH excluding ortho intramolecular Hbond substituents is 1. The molecule has 0 saturated carbocycles. The second-order valence-corrected chi connectivity index (χ2v) is 8.01. The van der Waals surface area contributed by atoms with E-state index in [1.807, 2.05) is 54.6 Å². The van der Waals surface area contributed by atoms with Gasteiger partial charge in [-0.3, -0.25) is 0 Å². The van der Waals surface area contributed by atoms with Gasteiger partial charge in [-0.2, -0.15) is 0 Å². The van der Waals surface area contributed by atoms with Crippen molar-refractivity contribution >= 4 is 21.6 Å². The fourth-order valence-corrected chi connectivity index (χ4v) is 4.13. The molecule has 154 valence electrons. The number of hydrogen-bond donors (Lipinski definition) is 3. The van der Waals surface area contributed by atoms with Gasteiger partial charge in [-0.05, 0) is 60.2 Å². The Kier molecular flexibility index (Phi) is 5.97. The highest BCUT2D eigenvalue weighted by Gasteiger charge is 2.31. The summed E-state index contributed by atoms with van der Waals surface area (Å²) in [5, 5.41) is 16.3. The number of nitrogens with two attached hydrogens (primary N) is 1. The molecule has 0 fully saturated rings. The molecule has 4 rings (SSSR count). The quantitative estimate of drug-likeness (QED) is 0.527. The first-order chi connectivity index (χ1) is 14.6. The zero-order valence-electron chi connectivity index (χ0n) is 16.8. The highest BCUT2D eigenvalue weighted by molar-refractivity contribution is 9.10. The molecule has 0 aliphatic carbocycles. The molecule has 0 amide bonds. The van der Waals surface area contributed by atoms with Crippen LogP contribution in [0.5, 0.6) is 17.2 Å². The van der Waals surface area contributed by atoms with Gasteiger partial charge in [-0.15, -0.1) is 0 Å². The minimum Gasteiger partial charge on any atom is -0.507 e. The predicted molar refractivity (Wildman–Crippen MR) is 120 cm³/mol. The Hall–Kier alpha value is -2.96. The van der Waals surface area contributed by atoms with E-state index < -0.39 is 0 Å². The second-order valence-electron chi connectivity index (χ2n) is 7.09. The molecular weight excluding hydrogens is 444 g/mol. The van der Waals surface area contributed by atoms with E-state index in [1.165, 1.54) is 0 Å². The number of phenols is 1. The number of ether oxygens (including phenoxy) is 2. The van der Waals surface area contributed by atoms with Gasteiger partial charge < -0.3 is 25.2 Å². The summed E-state index contributed by atoms with van der Waals surface area (Å²) in [5.74, 6) is 1.90. The van der Waals surface area contributed by atoms with Crippen LogP contribution in [0.3, 0.4) is 0 Å². The predicted octanol–water partition coefficient (Wildman–Crippen LogP) is 4.12. The van der Waals surface area contributed by atoms with Gasteiger partial charge in [0.2, 0.25) is 0 Å². The van der Waals surface area contributed by atoms with Gasteiger partial charge in [-0.1, -0.05) is 28.1 Å². The molecule has 3 aromatic carbocycles. The molecule has 1 heterocycles. The summed E-state index contributed by atoms with van der Waals surface area (Å²) in [6.07, 6.45) is 2.03. The van der Waals surface area contributed by atoms with E-state index in [0.717, 1.165) is 38.4 Å². The number of halogens is 1. The number of benzene rings is 3. The van der Waals surface area contributed by atoms with Crippen molar-refractivity contribution in [1.29, 1.82) is 0 Å². The first-order valence-corrected chi connectivity index (χ1v) is 10.5. The molecule has 0 bridgehead atoms. The Balaban J connectivity index is 1.78. The maximum atomic E-state index is 10.5. The molecule has 4 N–H and O–H groups in total. The summed E-state index contributed by atoms with van der Waals surface area (Å²) < 4.78 is 11.9. The van der Waals surface area contributed by atoms with Crippen LogP contribution in [0.15, 0.2) is 77.3 Å². The Morgan fingerprint density at radius 3 is 2.40 bits per heavy atom. The monoisotopic (exact) mass is 467 g/mol. The zero-order valence-corrected chi connectivity index (χ0v) is 18.4. The lowest BCUT2D eigenvalue weighted by Gasteiger charge is -2.30. The van der Waals surface area contributed by atoms with Crippen LogP contribution >= 0.6 is 15.9 Å². The molecule has 0 radical (unpaired) electrons. The number of aromatic hydroxyl groups is 1. The van der Waals surface area contributed by atoms with Crippen LogP contribution in [0, 0.1) is 0 Å². The van der Waals surface area contributed by atoms with Crippen LogP contribution in [-0.2, 0) is 0 Å². The Bertz CT molecular complexity index is 1070. The summed E-state index contributed by atoms with van der Waals surface area (Å²) in [6.45, 7) is 0. The van der Waals surface area contributed by atoms with Crippen LogP contribution in [-0.4, -0.2) is 19.3 Å². The molecule has 6 heteroatoms. The summed E-state index contributed by atoms with van der Waals surface area (Å²) in [4.78, 5) is 0. The van der Waals surface area contributed by atoms with Gasteiger partial charge >= 0.3 is 0 Å². The minimum absolute atomic E-state index is 0.0711. The minimum atomic E-state index is -0.107. The second kappa shape index (κ2) is 8.81. The molecule has 0 spiro atoms. The summed E-state index contributed by atoms with van der Waals surface area (Å²) in [6, 6.07) is 21.3. The third kappa shape index (κ3) is 4.15. The van der Waals surface area contributed by atoms with Crippen molar-refractivity contribution in [2.75, 3.05) is 14.2 Å². The smallest absolute Gasteiger partial charge is 0.190 e. The first kappa shape index (κ1) is 20.3. The molecule has 30 heavy (non-hydrogen) atoms. The maximum absolute atomic E-state index is 10.5. The van der Waals surface area contributed by atoms with Crippen LogP contribution in [0.2, 0.25) is 0 Å². The van der Waals surface area contributed by atoms with Gasteiger partial charge in [0.15, 0.2) is 6.17 Å². The molecule has 1 aliphatic heterocycles. The van der Waals surface area contributed by atoms with Gasteiger partial charge in [0.05, 0.1) is 25.3 Å². The lowest BCUT2D eigenvalue weighted by molar-refractivity contribution is -0.731. The molecular formula is C24H24BrN2O3+. The van der Waals surface area contributed by atoms with Crippen molar-refractivity contribution in [3.05, 3.63) is 94.0 Å². The van der Waals surface area contributed by atoms with Crippen LogP contribution in [0.4, 0.5) is 0 Å². The Morgan fingerprint density at radius 2 is 1.70 bits per heavy atom. The lowest BCUT2D eigenvalue weighted by Crippen LogP contribution is -2.89. The number of hydrogen-bond acceptors (Lipinski definition) is 4. The van der Waals surface area contributed by atoms with Gasteiger partial charge in [0.25, 0.3) is 0 Å². The molecule has 1 aliphatic rings. The lowest BCUT2D eigenvalue weighted by atomic mass is 9.97. The van der Waals surface area contributed by atoms with Crippen molar-refractivity contribution in [3.63, 3.8) is 0 Å². The standard InChI is InChI=1S/C24H23BrN2O3/c1-29-17-10-7-15(8-11-17)20-14-21(18-5-3-4-6-22(18)28)27-24(26-20)19-13-16(25)9-12-23(19)30-2/h3-14,21,24,26-28H,1-2H3/p+1. The number of nitrogens with one attached hydrogen (secondary N) is 1. The summed E-state index contributed by atoms with van der Waals surface area (Å²) in [7, 11) is 3.34. The average Bonchev–Trinajstić information content (AvgIpc) is 2.79. The third-order valence-electron chi connectivity index (χ3n) is 5.28. The third-order valence-corrected chi connectivity index (χ3v) is 5.77. The van der Waals surface area contributed by atoms with E-state index in [1.54, 1.807) is 20.3 Å². The summed E-state index contributed by atoms with van der Waals surface area (Å²) in [5.41, 5.74) is 3.92. The molecule has 3 aromatic rings. The molecule has 2 unspecified atom stereocenters. The van der Waals surface area contributed by atoms with Crippen molar-refractivity contribution in [2.45, 2.75) is 12.2 Å². The SMILES string of the molecule is COc1ccc(C2=CC(c3ccccc3O)[NH2+]C(c3cc(Br)ccc3OC)N2)cc1. The molecule has 5 nitrogen and oxygen atoms in total. The fourth-order valence-electron chi connectivity index (χ4n) is 3.75. The van der Waals surface area contributed by atoms with E-state index >= 15 is 0 Å². The van der Waals surface area contributed by atoms with E-state index in [0.29, 0.717) is 0 Å². The van der Waals surface area contributed by atoms with E-state index in [2.05, 4.69) is 38.7 Å². The van der Waals surface area contributed by atoms with Crippen molar-refractivity contribution in [2.24, 2.45) is 0 Å². The van der Waals surface area contributed by atoms with Crippen LogP contribution < -0.4 is 20.1 Å². The number of rotatable bonds is 5. The topological polar surface area (TPSA) is 67.3 Å². The van der Waals surface area contributed by atoms with Crippen molar-refractivity contribution < 1.29 is 19.9 Å². The van der Waals surface area contributed by atoms with Crippen LogP contribution in [0.25, 0.3) is 5.70 Å². The van der Waals surface area contributed by atoms with E-state index in [9.17, 15) is 5.11 Å². The normalized spacial score (nSPS) is 18.3. The maximum Gasteiger partial charge on any atom is 0.190 e. The van der Waals surface area contributed by atoms with Crippen molar-refractivity contribution in [3.8, 4) is 17.2 Å². The largest absolute Gasteiger partial charge is 0.507 e. The average molecular weight is 468 g/mol. The van der Waals surface area contributed by atoms with Crippen LogP contribution in [0.1, 0.15) is 28.9 Å². The van der Waals surface area contributed by atoms with Crippen molar-refractivity contribution in [1.82, 2.24) is 5.32 Å². The van der Waals surface area contributed by atoms with E-state index in [-0.39, 0.29) is 18.0 Å². The molecule has 0 saturated heterocycles.